The molecular formula is C14H16O9. The van der Waals surface area contributed by atoms with E-state index in [9.17, 15) is 9.59 Å². The summed E-state index contributed by atoms with van der Waals surface area (Å²) in [6.45, 7) is 0.0121. The zero-order valence-electron chi connectivity index (χ0n) is 11.8. The largest absolute Gasteiger partial charge is 0.481 e. The smallest absolute Gasteiger partial charge is 0.335 e. The minimum absolute atomic E-state index is 0.00606. The molecule has 0 radical (unpaired) electrons. The van der Waals surface area contributed by atoms with Gasteiger partial charge < -0.3 is 35.4 Å². The Kier molecular flexibility index (Phi) is 9.05. The van der Waals surface area contributed by atoms with Gasteiger partial charge in [0.25, 0.3) is 11.9 Å². The Bertz CT molecular complexity index is 513. The van der Waals surface area contributed by atoms with Crippen molar-refractivity contribution in [2.75, 3.05) is 13.2 Å². The molecule has 23 heavy (non-hydrogen) atoms. The Morgan fingerprint density at radius 1 is 0.739 bits per heavy atom. The van der Waals surface area contributed by atoms with E-state index >= 15 is 0 Å². The highest BCUT2D eigenvalue weighted by atomic mass is 16.5. The van der Waals surface area contributed by atoms with Crippen LogP contribution >= 0.6 is 0 Å². The number of rotatable bonds is 6. The van der Waals surface area contributed by atoms with Crippen molar-refractivity contribution in [2.24, 2.45) is 0 Å². The third kappa shape index (κ3) is 10.2. The number of hydrogen-bond acceptors (Lipinski definition) is 7. The first-order chi connectivity index (χ1) is 10.7. The number of carboxylic acids is 2. The van der Waals surface area contributed by atoms with Crippen LogP contribution in [0.5, 0.6) is 0 Å². The second-order valence-corrected chi connectivity index (χ2v) is 3.85. The summed E-state index contributed by atoms with van der Waals surface area (Å²) in [6.07, 6.45) is 2.06. The lowest BCUT2D eigenvalue weighted by Gasteiger charge is -1.94. The maximum absolute atomic E-state index is 10.3. The van der Waals surface area contributed by atoms with Gasteiger partial charge in [-0.05, 0) is 24.3 Å². The minimum Gasteiger partial charge on any atom is -0.481 e. The first-order valence-corrected chi connectivity index (χ1v) is 6.04. The molecule has 1 aromatic rings. The lowest BCUT2D eigenvalue weighted by molar-refractivity contribution is 0.0681. The van der Waals surface area contributed by atoms with Crippen molar-refractivity contribution < 1.29 is 45.0 Å². The van der Waals surface area contributed by atoms with Gasteiger partial charge in [-0.2, -0.15) is 0 Å². The molecule has 0 bridgehead atoms. The molecule has 1 aromatic carbocycles. The molecule has 6 N–H and O–H groups in total. The SMILES string of the molecule is O=C(O)c1ccc(C(=O)O)cc1.OC(O)=CCOCC=C(O)O. The molecule has 0 aliphatic heterocycles. The zero-order valence-corrected chi connectivity index (χ0v) is 11.8. The fraction of sp³-hybridized carbons (Fsp3) is 0.143. The van der Waals surface area contributed by atoms with Crippen LogP contribution in [0.1, 0.15) is 20.7 Å². The number of aromatic carboxylic acids is 2. The standard InChI is InChI=1S/C8H6O4.C6H10O5/c9-7(10)5-1-2-6(4-3-5)8(11)12;7-5(8)1-3-11-4-2-6(9)10/h1-4H,(H,9,10)(H,11,12);1-2,7-10H,3-4H2. The molecule has 9 heteroatoms. The monoisotopic (exact) mass is 328 g/mol. The summed E-state index contributed by atoms with van der Waals surface area (Å²) in [5.74, 6) is -3.76. The molecule has 0 saturated heterocycles. The van der Waals surface area contributed by atoms with Gasteiger partial charge in [0.1, 0.15) is 0 Å². The summed E-state index contributed by atoms with van der Waals surface area (Å²) in [7, 11) is 0. The molecule has 0 heterocycles. The van der Waals surface area contributed by atoms with E-state index in [1.807, 2.05) is 0 Å². The molecule has 0 fully saturated rings. The normalized spacial score (nSPS) is 9.04. The predicted octanol–water partition coefficient (Wildman–Crippen LogP) is 2.00. The highest BCUT2D eigenvalue weighted by Crippen LogP contribution is 2.03. The van der Waals surface area contributed by atoms with Crippen molar-refractivity contribution >= 4 is 11.9 Å². The van der Waals surface area contributed by atoms with Crippen LogP contribution in [-0.2, 0) is 4.74 Å². The molecule has 0 unspecified atom stereocenters. The van der Waals surface area contributed by atoms with E-state index in [0.717, 1.165) is 12.2 Å². The zero-order chi connectivity index (χ0) is 17.8. The quantitative estimate of drug-likeness (QED) is 0.338. The van der Waals surface area contributed by atoms with Crippen molar-refractivity contribution in [3.05, 3.63) is 59.4 Å². The van der Waals surface area contributed by atoms with E-state index in [1.165, 1.54) is 24.3 Å². The van der Waals surface area contributed by atoms with Gasteiger partial charge in [0.2, 0.25) is 0 Å². The van der Waals surface area contributed by atoms with E-state index in [-0.39, 0.29) is 24.3 Å². The Hall–Kier alpha value is -3.20. The molecule has 0 atom stereocenters. The molecule has 0 saturated carbocycles. The topological polar surface area (TPSA) is 165 Å². The van der Waals surface area contributed by atoms with E-state index in [2.05, 4.69) is 4.74 Å². The van der Waals surface area contributed by atoms with Crippen molar-refractivity contribution in [3.63, 3.8) is 0 Å². The average molecular weight is 328 g/mol. The number of aliphatic hydroxyl groups is 4. The van der Waals surface area contributed by atoms with Gasteiger partial charge in [-0.1, -0.05) is 0 Å². The Labute approximate surface area is 130 Å². The second kappa shape index (κ2) is 10.5. The minimum atomic E-state index is -1.06. The molecule has 1 rings (SSSR count). The van der Waals surface area contributed by atoms with Crippen LogP contribution in [0.4, 0.5) is 0 Å². The van der Waals surface area contributed by atoms with E-state index in [4.69, 9.17) is 30.6 Å². The molecule has 0 amide bonds. The lowest BCUT2D eigenvalue weighted by atomic mass is 10.1. The van der Waals surface area contributed by atoms with Gasteiger partial charge in [0.05, 0.1) is 24.3 Å². The van der Waals surface area contributed by atoms with Crippen LogP contribution in [0.25, 0.3) is 0 Å². The molecule has 0 aliphatic carbocycles. The fourth-order valence-corrected chi connectivity index (χ4v) is 1.09. The number of benzene rings is 1. The molecule has 9 nitrogen and oxygen atoms in total. The molecule has 0 spiro atoms. The summed E-state index contributed by atoms with van der Waals surface area (Å²) in [4.78, 5) is 20.7. The van der Waals surface area contributed by atoms with Crippen LogP contribution in [-0.4, -0.2) is 55.8 Å². The lowest BCUT2D eigenvalue weighted by Crippen LogP contribution is -1.99. The van der Waals surface area contributed by atoms with Gasteiger partial charge in [0, 0.05) is 12.2 Å². The molecular weight excluding hydrogens is 312 g/mol. The van der Waals surface area contributed by atoms with Crippen molar-refractivity contribution in [1.29, 1.82) is 0 Å². The van der Waals surface area contributed by atoms with Crippen molar-refractivity contribution in [2.45, 2.75) is 0 Å². The third-order valence-corrected chi connectivity index (χ3v) is 2.15. The number of hydrogen-bond donors (Lipinski definition) is 6. The van der Waals surface area contributed by atoms with Gasteiger partial charge in [-0.25, -0.2) is 9.59 Å². The molecule has 126 valence electrons. The van der Waals surface area contributed by atoms with E-state index in [0.29, 0.717) is 0 Å². The van der Waals surface area contributed by atoms with Crippen LogP contribution in [0.2, 0.25) is 0 Å². The van der Waals surface area contributed by atoms with Crippen LogP contribution in [0.15, 0.2) is 48.3 Å². The van der Waals surface area contributed by atoms with E-state index in [1.54, 1.807) is 0 Å². The summed E-state index contributed by atoms with van der Waals surface area (Å²) >= 11 is 0. The first-order valence-electron chi connectivity index (χ1n) is 6.04. The Balaban J connectivity index is 0.000000423. The second-order valence-electron chi connectivity index (χ2n) is 3.85. The highest BCUT2D eigenvalue weighted by Gasteiger charge is 2.04. The fourth-order valence-electron chi connectivity index (χ4n) is 1.09. The summed E-state index contributed by atoms with van der Waals surface area (Å²) in [5.41, 5.74) is 0.167. The maximum Gasteiger partial charge on any atom is 0.335 e. The van der Waals surface area contributed by atoms with Crippen molar-refractivity contribution in [3.8, 4) is 0 Å². The van der Waals surface area contributed by atoms with Crippen LogP contribution < -0.4 is 0 Å². The van der Waals surface area contributed by atoms with Crippen molar-refractivity contribution in [1.82, 2.24) is 0 Å². The highest BCUT2D eigenvalue weighted by molar-refractivity contribution is 5.91. The average Bonchev–Trinajstić information content (AvgIpc) is 2.47. The molecule has 0 aromatic heterocycles. The predicted molar refractivity (Wildman–Crippen MR) is 77.9 cm³/mol. The van der Waals surface area contributed by atoms with Gasteiger partial charge in [0.15, 0.2) is 0 Å². The third-order valence-electron chi connectivity index (χ3n) is 2.15. The van der Waals surface area contributed by atoms with E-state index < -0.39 is 23.8 Å². The first kappa shape index (κ1) is 19.8. The summed E-state index contributed by atoms with van der Waals surface area (Å²) < 4.78 is 4.66. The van der Waals surface area contributed by atoms with Gasteiger partial charge in [-0.15, -0.1) is 0 Å². The Morgan fingerprint density at radius 2 is 1.04 bits per heavy atom. The maximum atomic E-state index is 10.3. The summed E-state index contributed by atoms with van der Waals surface area (Å²) in [6, 6.07) is 5.02. The van der Waals surface area contributed by atoms with Crippen LogP contribution in [0.3, 0.4) is 0 Å². The van der Waals surface area contributed by atoms with Gasteiger partial charge >= 0.3 is 11.9 Å². The Morgan fingerprint density at radius 3 is 1.26 bits per heavy atom. The summed E-state index contributed by atoms with van der Waals surface area (Å²) in [5, 5.41) is 49.7. The number of carboxylic acid groups (broad SMARTS) is 2. The van der Waals surface area contributed by atoms with Gasteiger partial charge in [-0.3, -0.25) is 0 Å². The molecule has 0 aliphatic rings. The number of ether oxygens (including phenoxy) is 1. The van der Waals surface area contributed by atoms with Crippen LogP contribution in [0, 0.1) is 0 Å². The number of aliphatic hydroxyl groups excluding tert-OH is 2. The number of carbonyl (C=O) groups is 2.